The van der Waals surface area contributed by atoms with Crippen LogP contribution in [-0.4, -0.2) is 15.3 Å². The molecule has 14 heavy (non-hydrogen) atoms. The molecule has 7 nitrogen and oxygen atoms in total. The second kappa shape index (κ2) is 5.25. The van der Waals surface area contributed by atoms with Gasteiger partial charge in [-0.3, -0.25) is 19.8 Å². The van der Waals surface area contributed by atoms with Crippen molar-refractivity contribution in [3.05, 3.63) is 0 Å². The summed E-state index contributed by atoms with van der Waals surface area (Å²) in [4.78, 5) is 0. The number of hydrogen-bond acceptors (Lipinski definition) is 4. The molecule has 0 unspecified atom stereocenters. The maximum absolute atomic E-state index is 11.8. The second-order valence-corrected chi connectivity index (χ2v) is 5.25. The van der Waals surface area contributed by atoms with Crippen molar-refractivity contribution in [3.8, 4) is 0 Å². The number of rotatable bonds is 3. The number of hydrogen-bond donors (Lipinski definition) is 6. The maximum atomic E-state index is 11.8. The molecule has 0 aliphatic rings. The molecular weight excluding hydrogens is 263 g/mol. The SMILES string of the molecule is NC(=S)NP(=O)(NC(N)=S)NC(N)=S. The maximum Gasteiger partial charge on any atom is 0.358 e. The number of thiocarbonyl (C=S) groups is 3. The molecule has 0 spiro atoms. The molecule has 0 aromatic heterocycles. The van der Waals surface area contributed by atoms with Gasteiger partial charge in [-0.15, -0.1) is 0 Å². The predicted molar refractivity (Wildman–Crippen MR) is 67.4 cm³/mol. The summed E-state index contributed by atoms with van der Waals surface area (Å²) in [5, 5.41) is 6.06. The van der Waals surface area contributed by atoms with Crippen molar-refractivity contribution in [1.29, 1.82) is 0 Å². The quantitative estimate of drug-likeness (QED) is 0.269. The average molecular weight is 272 g/mol. The van der Waals surface area contributed by atoms with Crippen LogP contribution in [0.25, 0.3) is 0 Å². The van der Waals surface area contributed by atoms with Crippen molar-refractivity contribution in [3.63, 3.8) is 0 Å². The first-order valence-electron chi connectivity index (χ1n) is 3.08. The lowest BCUT2D eigenvalue weighted by atomic mass is 11.2. The Kier molecular flexibility index (Phi) is 4.99. The van der Waals surface area contributed by atoms with Crippen LogP contribution in [0.15, 0.2) is 0 Å². The molecular formula is C3H9N6OPS3. The molecule has 0 aliphatic carbocycles. The lowest BCUT2D eigenvalue weighted by molar-refractivity contribution is 0.566. The van der Waals surface area contributed by atoms with Gasteiger partial charge in [0.05, 0.1) is 0 Å². The van der Waals surface area contributed by atoms with E-state index >= 15 is 0 Å². The first-order valence-corrected chi connectivity index (χ1v) is 6.01. The highest BCUT2D eigenvalue weighted by molar-refractivity contribution is 7.83. The first kappa shape index (κ1) is 13.3. The first-order chi connectivity index (χ1) is 6.25. The summed E-state index contributed by atoms with van der Waals surface area (Å²) in [7, 11) is -3.44. The molecule has 0 saturated heterocycles. The third kappa shape index (κ3) is 5.86. The summed E-state index contributed by atoms with van der Waals surface area (Å²) in [6, 6.07) is 0. The van der Waals surface area contributed by atoms with Crippen LogP contribution in [0, 0.1) is 0 Å². The van der Waals surface area contributed by atoms with Crippen LogP contribution in [-0.2, 0) is 4.57 Å². The zero-order valence-corrected chi connectivity index (χ0v) is 10.2. The van der Waals surface area contributed by atoms with Crippen LogP contribution in [0.4, 0.5) is 0 Å². The van der Waals surface area contributed by atoms with Crippen molar-refractivity contribution < 1.29 is 4.57 Å². The number of nitrogens with one attached hydrogen (secondary N) is 3. The zero-order chi connectivity index (χ0) is 11.4. The predicted octanol–water partition coefficient (Wildman–Crippen LogP) is -1.41. The standard InChI is InChI=1S/C3H9N6OPS3/c4-1(12)7-11(10,8-2(5)13)9-3(6)14/h(H9,4,5,6,7,8,9,10,12,13,14). The van der Waals surface area contributed by atoms with E-state index < -0.39 is 7.59 Å². The minimum atomic E-state index is -3.44. The van der Waals surface area contributed by atoms with Gasteiger partial charge in [-0.25, -0.2) is 0 Å². The number of nitrogens with two attached hydrogens (primary N) is 3. The molecule has 0 bridgehead atoms. The van der Waals surface area contributed by atoms with Gasteiger partial charge in [-0.05, 0) is 36.7 Å². The molecule has 0 aromatic rings. The summed E-state index contributed by atoms with van der Waals surface area (Å²) < 4.78 is 11.8. The Balaban J connectivity index is 4.66. The van der Waals surface area contributed by atoms with E-state index in [9.17, 15) is 4.57 Å². The van der Waals surface area contributed by atoms with Gasteiger partial charge in [0, 0.05) is 0 Å². The van der Waals surface area contributed by atoms with E-state index in [1.54, 1.807) is 0 Å². The van der Waals surface area contributed by atoms with E-state index in [0.29, 0.717) is 0 Å². The monoisotopic (exact) mass is 272 g/mol. The highest BCUT2D eigenvalue weighted by atomic mass is 32.1. The van der Waals surface area contributed by atoms with Crippen LogP contribution in [0.1, 0.15) is 0 Å². The fraction of sp³-hybridized carbons (Fsp3) is 0. The summed E-state index contributed by atoms with van der Waals surface area (Å²) >= 11 is 13.5. The van der Waals surface area contributed by atoms with Gasteiger partial charge in [0.25, 0.3) is 0 Å². The minimum absolute atomic E-state index is 0.208. The minimum Gasteiger partial charge on any atom is -0.376 e. The summed E-state index contributed by atoms with van der Waals surface area (Å²) in [5.74, 6) is 0. The van der Waals surface area contributed by atoms with E-state index in [-0.39, 0.29) is 15.3 Å². The normalized spacial score (nSPS) is 10.0. The largest absolute Gasteiger partial charge is 0.376 e. The van der Waals surface area contributed by atoms with Gasteiger partial charge in [0.2, 0.25) is 0 Å². The molecule has 0 amide bonds. The third-order valence-electron chi connectivity index (χ3n) is 0.803. The molecule has 11 heteroatoms. The lowest BCUT2D eigenvalue weighted by Gasteiger charge is -2.20. The summed E-state index contributed by atoms with van der Waals surface area (Å²) in [5.41, 5.74) is 15.4. The van der Waals surface area contributed by atoms with E-state index in [1.807, 2.05) is 0 Å². The zero-order valence-electron chi connectivity index (χ0n) is 6.81. The van der Waals surface area contributed by atoms with E-state index in [2.05, 4.69) is 51.9 Å². The molecule has 0 aromatic carbocycles. The Morgan fingerprint density at radius 1 is 0.857 bits per heavy atom. The molecule has 0 fully saturated rings. The molecule has 0 atom stereocenters. The summed E-state index contributed by atoms with van der Waals surface area (Å²) in [6.45, 7) is 0. The molecule has 9 N–H and O–H groups in total. The van der Waals surface area contributed by atoms with Gasteiger partial charge < -0.3 is 17.2 Å². The van der Waals surface area contributed by atoms with Crippen molar-refractivity contribution in [2.45, 2.75) is 0 Å². The van der Waals surface area contributed by atoms with Crippen LogP contribution in [0.5, 0.6) is 0 Å². The summed E-state index contributed by atoms with van der Waals surface area (Å²) in [6.07, 6.45) is 0. The van der Waals surface area contributed by atoms with Crippen molar-refractivity contribution in [1.82, 2.24) is 15.3 Å². The molecule has 80 valence electrons. The van der Waals surface area contributed by atoms with Gasteiger partial charge in [-0.1, -0.05) is 0 Å². The van der Waals surface area contributed by atoms with E-state index in [4.69, 9.17) is 17.2 Å². The van der Waals surface area contributed by atoms with E-state index in [1.165, 1.54) is 0 Å². The van der Waals surface area contributed by atoms with Gasteiger partial charge in [0.15, 0.2) is 15.3 Å². The Labute approximate surface area is 96.7 Å². The third-order valence-corrected chi connectivity index (χ3v) is 3.23. The van der Waals surface area contributed by atoms with E-state index in [0.717, 1.165) is 0 Å². The fourth-order valence-corrected chi connectivity index (χ4v) is 2.81. The molecule has 0 rings (SSSR count). The molecule has 0 heterocycles. The Morgan fingerprint density at radius 2 is 1.07 bits per heavy atom. The molecule has 0 saturated carbocycles. The van der Waals surface area contributed by atoms with Crippen molar-refractivity contribution >= 4 is 59.6 Å². The van der Waals surface area contributed by atoms with Crippen LogP contribution in [0.3, 0.4) is 0 Å². The molecule has 0 radical (unpaired) electrons. The molecule has 0 aliphatic heterocycles. The van der Waals surface area contributed by atoms with Crippen molar-refractivity contribution in [2.75, 3.05) is 0 Å². The smallest absolute Gasteiger partial charge is 0.358 e. The van der Waals surface area contributed by atoms with Gasteiger partial charge in [0.1, 0.15) is 0 Å². The average Bonchev–Trinajstić information content (AvgIpc) is 1.76. The fourth-order valence-electron chi connectivity index (χ4n) is 0.549. The lowest BCUT2D eigenvalue weighted by Crippen LogP contribution is -2.44. The van der Waals surface area contributed by atoms with Gasteiger partial charge in [-0.2, -0.15) is 0 Å². The highest BCUT2D eigenvalue weighted by Crippen LogP contribution is 2.28. The van der Waals surface area contributed by atoms with Crippen molar-refractivity contribution in [2.24, 2.45) is 17.2 Å². The Morgan fingerprint density at radius 3 is 1.21 bits per heavy atom. The highest BCUT2D eigenvalue weighted by Gasteiger charge is 2.23. The van der Waals surface area contributed by atoms with Crippen LogP contribution in [0.2, 0.25) is 0 Å². The van der Waals surface area contributed by atoms with Crippen LogP contribution >= 0.6 is 44.2 Å². The Bertz CT molecular complexity index is 270. The van der Waals surface area contributed by atoms with Gasteiger partial charge >= 0.3 is 7.59 Å². The Hall–Kier alpha value is -0.700. The topological polar surface area (TPSA) is 131 Å². The second-order valence-electron chi connectivity index (χ2n) is 2.04. The van der Waals surface area contributed by atoms with Crippen LogP contribution < -0.4 is 32.5 Å².